The first-order chi connectivity index (χ1) is 12.4. The first-order valence-electron chi connectivity index (χ1n) is 11.7. The average molecular weight is 349 g/mol. The van der Waals surface area contributed by atoms with Crippen LogP contribution in [0.4, 0.5) is 0 Å². The van der Waals surface area contributed by atoms with E-state index in [0.717, 1.165) is 0 Å². The normalized spacial score (nSPS) is 11.9. The van der Waals surface area contributed by atoms with E-state index in [0.29, 0.717) is 0 Å². The van der Waals surface area contributed by atoms with Crippen LogP contribution >= 0.6 is 0 Å². The molecule has 0 aliphatic heterocycles. The van der Waals surface area contributed by atoms with Crippen LogP contribution in [0.1, 0.15) is 136 Å². The molecule has 0 aliphatic carbocycles. The van der Waals surface area contributed by atoms with Crippen LogP contribution in [0.25, 0.3) is 0 Å². The molecule has 0 saturated heterocycles. The zero-order valence-electron chi connectivity index (χ0n) is 17.7. The highest BCUT2D eigenvalue weighted by atomic mass is 14.0. The van der Waals surface area contributed by atoms with Gasteiger partial charge < -0.3 is 0 Å². The molecule has 0 rings (SSSR count). The summed E-state index contributed by atoms with van der Waals surface area (Å²) >= 11 is 0. The Bertz CT molecular complexity index is 274. The quantitative estimate of drug-likeness (QED) is 0.152. The van der Waals surface area contributed by atoms with E-state index < -0.39 is 0 Å². The summed E-state index contributed by atoms with van der Waals surface area (Å²) in [5.41, 5.74) is 0. The Labute approximate surface area is 160 Å². The van der Waals surface area contributed by atoms with E-state index in [2.05, 4.69) is 38.2 Å². The van der Waals surface area contributed by atoms with E-state index in [4.69, 9.17) is 0 Å². The van der Waals surface area contributed by atoms with Gasteiger partial charge >= 0.3 is 0 Å². The lowest BCUT2D eigenvalue weighted by atomic mass is 10.0. The van der Waals surface area contributed by atoms with Gasteiger partial charge in [0.2, 0.25) is 0 Å². The molecule has 0 heteroatoms. The van der Waals surface area contributed by atoms with Crippen LogP contribution in [0.2, 0.25) is 0 Å². The zero-order valence-corrected chi connectivity index (χ0v) is 17.7. The van der Waals surface area contributed by atoms with Crippen molar-refractivity contribution in [2.24, 2.45) is 0 Å². The van der Waals surface area contributed by atoms with Crippen molar-refractivity contribution < 1.29 is 0 Å². The van der Waals surface area contributed by atoms with Gasteiger partial charge in [0.05, 0.1) is 0 Å². The molecule has 148 valence electrons. The third kappa shape index (κ3) is 23.5. The fourth-order valence-electron chi connectivity index (χ4n) is 3.27. The maximum atomic E-state index is 2.42. The predicted octanol–water partition coefficient (Wildman–Crippen LogP) is 9.55. The minimum absolute atomic E-state index is 1.26. The van der Waals surface area contributed by atoms with Crippen LogP contribution in [0.5, 0.6) is 0 Å². The van der Waals surface area contributed by atoms with Crippen molar-refractivity contribution in [2.45, 2.75) is 136 Å². The molecular formula is C25H48. The van der Waals surface area contributed by atoms with Crippen molar-refractivity contribution in [3.05, 3.63) is 24.3 Å². The Balaban J connectivity index is 3.06. The van der Waals surface area contributed by atoms with Gasteiger partial charge in [-0.15, -0.1) is 0 Å². The summed E-state index contributed by atoms with van der Waals surface area (Å²) in [4.78, 5) is 0. The first-order valence-corrected chi connectivity index (χ1v) is 11.7. The van der Waals surface area contributed by atoms with Gasteiger partial charge in [0, 0.05) is 0 Å². The third-order valence-corrected chi connectivity index (χ3v) is 5.00. The highest BCUT2D eigenvalue weighted by Gasteiger charge is 1.93. The number of hydrogen-bond acceptors (Lipinski definition) is 0. The molecular weight excluding hydrogens is 300 g/mol. The first kappa shape index (κ1) is 24.5. The maximum absolute atomic E-state index is 2.42. The Morgan fingerprint density at radius 3 is 1.00 bits per heavy atom. The summed E-state index contributed by atoms with van der Waals surface area (Å²) in [6, 6.07) is 0. The monoisotopic (exact) mass is 348 g/mol. The Kier molecular flexibility index (Phi) is 23.0. The van der Waals surface area contributed by atoms with E-state index in [1.807, 2.05) is 0 Å². The van der Waals surface area contributed by atoms with E-state index in [-0.39, 0.29) is 0 Å². The van der Waals surface area contributed by atoms with Crippen LogP contribution < -0.4 is 0 Å². The molecule has 0 nitrogen and oxygen atoms in total. The van der Waals surface area contributed by atoms with Gasteiger partial charge in [0.15, 0.2) is 0 Å². The van der Waals surface area contributed by atoms with Crippen molar-refractivity contribution in [3.8, 4) is 0 Å². The topological polar surface area (TPSA) is 0 Å². The van der Waals surface area contributed by atoms with Crippen LogP contribution in [-0.4, -0.2) is 0 Å². The van der Waals surface area contributed by atoms with Gasteiger partial charge in [-0.3, -0.25) is 0 Å². The summed E-state index contributed by atoms with van der Waals surface area (Å²) < 4.78 is 0. The Morgan fingerprint density at radius 1 is 0.320 bits per heavy atom. The van der Waals surface area contributed by atoms with Gasteiger partial charge in [0.25, 0.3) is 0 Å². The molecule has 0 bridgehead atoms. The lowest BCUT2D eigenvalue weighted by Crippen LogP contribution is -1.82. The molecule has 0 heterocycles. The minimum atomic E-state index is 1.26. The van der Waals surface area contributed by atoms with Gasteiger partial charge in [0.1, 0.15) is 0 Å². The Hall–Kier alpha value is -0.520. The highest BCUT2D eigenvalue weighted by molar-refractivity contribution is 4.81. The van der Waals surface area contributed by atoms with Gasteiger partial charge in [-0.05, 0) is 44.9 Å². The lowest BCUT2D eigenvalue weighted by molar-refractivity contribution is 0.553. The van der Waals surface area contributed by atoms with Crippen molar-refractivity contribution >= 4 is 0 Å². The number of allylic oxidation sites excluding steroid dienone is 4. The third-order valence-electron chi connectivity index (χ3n) is 5.00. The van der Waals surface area contributed by atoms with Crippen molar-refractivity contribution in [1.29, 1.82) is 0 Å². The van der Waals surface area contributed by atoms with Crippen LogP contribution in [0.15, 0.2) is 24.3 Å². The standard InChI is InChI=1S/C25H48/c1-3-5-7-9-11-13-15-17-19-21-23-25-24-22-20-18-16-14-12-10-8-6-4-2/h7,9,14,16H,3-6,8,10-13,15,17-25H2,1-2H3. The number of hydrogen-bond donors (Lipinski definition) is 0. The second kappa shape index (κ2) is 23.5. The van der Waals surface area contributed by atoms with Crippen molar-refractivity contribution in [1.82, 2.24) is 0 Å². The second-order valence-electron chi connectivity index (χ2n) is 7.69. The fourth-order valence-corrected chi connectivity index (χ4v) is 3.27. The molecule has 0 aromatic heterocycles. The molecule has 0 radical (unpaired) electrons. The molecule has 0 unspecified atom stereocenters. The molecule has 0 fully saturated rings. The molecule has 0 amide bonds. The van der Waals surface area contributed by atoms with Gasteiger partial charge in [-0.25, -0.2) is 0 Å². The maximum Gasteiger partial charge on any atom is -0.0351 e. The molecule has 0 atom stereocenters. The van der Waals surface area contributed by atoms with Crippen LogP contribution in [0.3, 0.4) is 0 Å². The summed E-state index contributed by atoms with van der Waals surface area (Å²) in [6.45, 7) is 4.53. The van der Waals surface area contributed by atoms with Crippen LogP contribution in [-0.2, 0) is 0 Å². The van der Waals surface area contributed by atoms with Gasteiger partial charge in [-0.1, -0.05) is 115 Å². The van der Waals surface area contributed by atoms with E-state index in [1.165, 1.54) is 122 Å². The summed E-state index contributed by atoms with van der Waals surface area (Å²) in [7, 11) is 0. The number of rotatable bonds is 20. The zero-order chi connectivity index (χ0) is 18.3. The molecule has 0 saturated carbocycles. The second-order valence-corrected chi connectivity index (χ2v) is 7.69. The highest BCUT2D eigenvalue weighted by Crippen LogP contribution is 2.12. The smallest absolute Gasteiger partial charge is 0.0351 e. The average Bonchev–Trinajstić information content (AvgIpc) is 2.63. The Morgan fingerprint density at radius 2 is 0.640 bits per heavy atom. The molecule has 25 heavy (non-hydrogen) atoms. The molecule has 0 aromatic carbocycles. The molecule has 0 spiro atoms. The largest absolute Gasteiger partial charge is 0.0885 e. The molecule has 0 aromatic rings. The lowest BCUT2D eigenvalue weighted by Gasteiger charge is -2.02. The number of unbranched alkanes of at least 4 members (excludes halogenated alkanes) is 16. The summed E-state index contributed by atoms with van der Waals surface area (Å²) in [6.07, 6.45) is 36.0. The van der Waals surface area contributed by atoms with Crippen LogP contribution in [0, 0.1) is 0 Å². The van der Waals surface area contributed by atoms with E-state index >= 15 is 0 Å². The van der Waals surface area contributed by atoms with Crippen molar-refractivity contribution in [3.63, 3.8) is 0 Å². The molecule has 0 aliphatic rings. The van der Waals surface area contributed by atoms with E-state index in [9.17, 15) is 0 Å². The SMILES string of the molecule is CCCC=CCCCCCCCCCCCCC=CCCCCCC. The molecule has 0 N–H and O–H groups in total. The van der Waals surface area contributed by atoms with E-state index in [1.54, 1.807) is 0 Å². The summed E-state index contributed by atoms with van der Waals surface area (Å²) in [5, 5.41) is 0. The minimum Gasteiger partial charge on any atom is -0.0885 e. The van der Waals surface area contributed by atoms with Crippen molar-refractivity contribution in [2.75, 3.05) is 0 Å². The fraction of sp³-hybridized carbons (Fsp3) is 0.840. The predicted molar refractivity (Wildman–Crippen MR) is 117 cm³/mol. The summed E-state index contributed by atoms with van der Waals surface area (Å²) in [5.74, 6) is 0. The van der Waals surface area contributed by atoms with Gasteiger partial charge in [-0.2, -0.15) is 0 Å².